The molecule has 0 radical (unpaired) electrons. The Morgan fingerprint density at radius 1 is 1.55 bits per heavy atom. The molecule has 1 aromatic heterocycles. The highest BCUT2D eigenvalue weighted by Gasteiger charge is 2.30. The number of carbonyl (C=O) groups is 2. The average Bonchev–Trinajstić information content (AvgIpc) is 2.47. The van der Waals surface area contributed by atoms with Crippen molar-refractivity contribution in [2.24, 2.45) is 5.92 Å². The minimum Gasteiger partial charge on any atom is -0.481 e. The first-order valence-electron chi connectivity index (χ1n) is 6.11. The average molecular weight is 316 g/mol. The Kier molecular flexibility index (Phi) is 4.82. The molecule has 1 N–H and O–H groups in total. The highest BCUT2D eigenvalue weighted by Crippen LogP contribution is 2.22. The van der Waals surface area contributed by atoms with Crippen molar-refractivity contribution < 1.29 is 14.7 Å². The number of aliphatic carboxylic acids is 1. The Morgan fingerprint density at radius 2 is 2.30 bits per heavy atom. The second-order valence-electron chi connectivity index (χ2n) is 4.48. The topological polar surface area (TPSA) is 83.4 Å². The summed E-state index contributed by atoms with van der Waals surface area (Å²) in [6, 6.07) is 0. The number of carboxylic acid groups (broad SMARTS) is 1. The third-order valence-corrected chi connectivity index (χ3v) is 4.00. The molecule has 8 heteroatoms. The van der Waals surface area contributed by atoms with Crippen molar-refractivity contribution in [1.29, 1.82) is 0 Å². The molecule has 1 saturated heterocycles. The number of hydrogen-bond acceptors (Lipinski definition) is 5. The standard InChI is InChI=1S/C12H14ClN3O3S/c1-20-12-14-5-8(13)9(15-12)10(17)16-4-2-3-7(6-16)11(18)19/h5,7H,2-4,6H2,1H3,(H,18,19)/t7-/m1/s1. The molecule has 0 unspecified atom stereocenters. The molecule has 1 aliphatic heterocycles. The predicted octanol–water partition coefficient (Wildman–Crippen LogP) is 1.79. The Balaban J connectivity index is 2.20. The van der Waals surface area contributed by atoms with Crippen LogP contribution in [-0.4, -0.2) is 51.2 Å². The Labute approximate surface area is 125 Å². The van der Waals surface area contributed by atoms with Crippen LogP contribution < -0.4 is 0 Å². The first-order chi connectivity index (χ1) is 9.52. The summed E-state index contributed by atoms with van der Waals surface area (Å²) >= 11 is 7.28. The predicted molar refractivity (Wildman–Crippen MR) is 75.1 cm³/mol. The fraction of sp³-hybridized carbons (Fsp3) is 0.500. The van der Waals surface area contributed by atoms with Crippen molar-refractivity contribution in [3.05, 3.63) is 16.9 Å². The van der Waals surface area contributed by atoms with Crippen molar-refractivity contribution in [2.75, 3.05) is 19.3 Å². The van der Waals surface area contributed by atoms with Crippen LogP contribution >= 0.6 is 23.4 Å². The molecule has 1 atom stereocenters. The van der Waals surface area contributed by atoms with E-state index < -0.39 is 11.9 Å². The zero-order chi connectivity index (χ0) is 14.7. The number of hydrogen-bond donors (Lipinski definition) is 1. The molecular formula is C12H14ClN3O3S. The summed E-state index contributed by atoms with van der Waals surface area (Å²) in [5.41, 5.74) is 0.136. The number of carboxylic acids is 1. The molecule has 108 valence electrons. The van der Waals surface area contributed by atoms with Crippen molar-refractivity contribution in [3.8, 4) is 0 Å². The van der Waals surface area contributed by atoms with Crippen molar-refractivity contribution >= 4 is 35.2 Å². The molecule has 1 aromatic rings. The lowest BCUT2D eigenvalue weighted by Gasteiger charge is -2.30. The van der Waals surface area contributed by atoms with Gasteiger partial charge in [0, 0.05) is 13.1 Å². The van der Waals surface area contributed by atoms with Crippen LogP contribution in [0, 0.1) is 5.92 Å². The zero-order valence-corrected chi connectivity index (χ0v) is 12.4. The summed E-state index contributed by atoms with van der Waals surface area (Å²) in [4.78, 5) is 33.0. The van der Waals surface area contributed by atoms with Gasteiger partial charge in [-0.2, -0.15) is 0 Å². The largest absolute Gasteiger partial charge is 0.481 e. The van der Waals surface area contributed by atoms with Crippen LogP contribution in [0.1, 0.15) is 23.3 Å². The van der Waals surface area contributed by atoms with Gasteiger partial charge in [-0.1, -0.05) is 23.4 Å². The highest BCUT2D eigenvalue weighted by atomic mass is 35.5. The van der Waals surface area contributed by atoms with E-state index in [4.69, 9.17) is 16.7 Å². The SMILES string of the molecule is CSc1ncc(Cl)c(C(=O)N2CCC[C@@H](C(=O)O)C2)n1. The number of piperidine rings is 1. The van der Waals surface area contributed by atoms with E-state index in [1.54, 1.807) is 6.26 Å². The zero-order valence-electron chi connectivity index (χ0n) is 10.9. The van der Waals surface area contributed by atoms with Crippen LogP contribution in [0.2, 0.25) is 5.02 Å². The van der Waals surface area contributed by atoms with E-state index in [9.17, 15) is 9.59 Å². The van der Waals surface area contributed by atoms with Gasteiger partial charge in [-0.15, -0.1) is 0 Å². The molecule has 1 aliphatic rings. The van der Waals surface area contributed by atoms with Gasteiger partial charge in [-0.05, 0) is 19.1 Å². The van der Waals surface area contributed by atoms with Crippen LogP contribution in [0.5, 0.6) is 0 Å². The van der Waals surface area contributed by atoms with E-state index in [1.165, 1.54) is 22.9 Å². The van der Waals surface area contributed by atoms with E-state index in [-0.39, 0.29) is 23.2 Å². The molecule has 2 heterocycles. The van der Waals surface area contributed by atoms with Gasteiger partial charge >= 0.3 is 5.97 Å². The van der Waals surface area contributed by atoms with Crippen molar-refractivity contribution in [2.45, 2.75) is 18.0 Å². The minimum absolute atomic E-state index is 0.136. The number of carbonyl (C=O) groups excluding carboxylic acids is 1. The van der Waals surface area contributed by atoms with Crippen LogP contribution in [0.3, 0.4) is 0 Å². The Bertz CT molecular complexity index is 541. The fourth-order valence-corrected chi connectivity index (χ4v) is 2.62. The molecule has 1 amide bonds. The van der Waals surface area contributed by atoms with Gasteiger partial charge in [0.1, 0.15) is 0 Å². The summed E-state index contributed by atoms with van der Waals surface area (Å²) in [6.45, 7) is 0.723. The molecule has 20 heavy (non-hydrogen) atoms. The lowest BCUT2D eigenvalue weighted by atomic mass is 9.98. The molecule has 0 spiro atoms. The Hall–Kier alpha value is -1.34. The van der Waals surface area contributed by atoms with Gasteiger partial charge < -0.3 is 10.0 Å². The first-order valence-corrected chi connectivity index (χ1v) is 7.71. The maximum atomic E-state index is 12.4. The van der Waals surface area contributed by atoms with Crippen LogP contribution in [0.15, 0.2) is 11.4 Å². The van der Waals surface area contributed by atoms with Crippen LogP contribution in [0.4, 0.5) is 0 Å². The maximum Gasteiger partial charge on any atom is 0.308 e. The van der Waals surface area contributed by atoms with E-state index in [0.29, 0.717) is 24.5 Å². The number of rotatable bonds is 3. The number of likely N-dealkylation sites (tertiary alicyclic amines) is 1. The number of aromatic nitrogens is 2. The second-order valence-corrected chi connectivity index (χ2v) is 5.66. The smallest absolute Gasteiger partial charge is 0.308 e. The Morgan fingerprint density at radius 3 is 2.95 bits per heavy atom. The third-order valence-electron chi connectivity index (χ3n) is 3.16. The molecule has 2 rings (SSSR count). The molecule has 0 aromatic carbocycles. The van der Waals surface area contributed by atoms with Crippen LogP contribution in [-0.2, 0) is 4.79 Å². The van der Waals surface area contributed by atoms with Crippen molar-refractivity contribution in [1.82, 2.24) is 14.9 Å². The normalized spacial score (nSPS) is 18.9. The number of thioether (sulfide) groups is 1. The summed E-state index contributed by atoms with van der Waals surface area (Å²) < 4.78 is 0. The molecular weight excluding hydrogens is 302 g/mol. The monoisotopic (exact) mass is 315 g/mol. The lowest BCUT2D eigenvalue weighted by molar-refractivity contribution is -0.143. The van der Waals surface area contributed by atoms with Gasteiger partial charge in [0.25, 0.3) is 5.91 Å². The maximum absolute atomic E-state index is 12.4. The van der Waals surface area contributed by atoms with E-state index >= 15 is 0 Å². The highest BCUT2D eigenvalue weighted by molar-refractivity contribution is 7.98. The van der Waals surface area contributed by atoms with Gasteiger partial charge in [0.15, 0.2) is 10.9 Å². The van der Waals surface area contributed by atoms with E-state index in [2.05, 4.69) is 9.97 Å². The molecule has 0 saturated carbocycles. The van der Waals surface area contributed by atoms with Gasteiger partial charge in [0.05, 0.1) is 17.1 Å². The van der Waals surface area contributed by atoms with E-state index in [1.807, 2.05) is 0 Å². The third kappa shape index (κ3) is 3.21. The van der Waals surface area contributed by atoms with Crippen LogP contribution in [0.25, 0.3) is 0 Å². The summed E-state index contributed by atoms with van der Waals surface area (Å²) in [5.74, 6) is -1.73. The molecule has 6 nitrogen and oxygen atoms in total. The van der Waals surface area contributed by atoms with E-state index in [0.717, 1.165) is 0 Å². The molecule has 1 fully saturated rings. The quantitative estimate of drug-likeness (QED) is 0.676. The minimum atomic E-state index is -0.874. The number of nitrogens with zero attached hydrogens (tertiary/aromatic N) is 3. The van der Waals surface area contributed by atoms with Gasteiger partial charge in [-0.3, -0.25) is 9.59 Å². The number of halogens is 1. The molecule has 0 aliphatic carbocycles. The second kappa shape index (κ2) is 6.41. The van der Waals surface area contributed by atoms with Crippen molar-refractivity contribution in [3.63, 3.8) is 0 Å². The summed E-state index contributed by atoms with van der Waals surface area (Å²) in [6.07, 6.45) is 4.46. The first kappa shape index (κ1) is 15.1. The fourth-order valence-electron chi connectivity index (χ4n) is 2.11. The van der Waals surface area contributed by atoms with Gasteiger partial charge in [-0.25, -0.2) is 9.97 Å². The molecule has 0 bridgehead atoms. The van der Waals surface area contributed by atoms with Gasteiger partial charge in [0.2, 0.25) is 0 Å². The summed E-state index contributed by atoms with van der Waals surface area (Å²) in [7, 11) is 0. The lowest BCUT2D eigenvalue weighted by Crippen LogP contribution is -2.42. The summed E-state index contributed by atoms with van der Waals surface area (Å²) in [5, 5.41) is 9.70. The number of amides is 1.